The lowest BCUT2D eigenvalue weighted by Gasteiger charge is -2.21. The topological polar surface area (TPSA) is 49.3 Å². The molecule has 1 atom stereocenters. The van der Waals surface area contributed by atoms with Crippen molar-refractivity contribution in [2.45, 2.75) is 25.8 Å². The van der Waals surface area contributed by atoms with Gasteiger partial charge in [-0.15, -0.1) is 0 Å². The molecule has 0 saturated carbocycles. The summed E-state index contributed by atoms with van der Waals surface area (Å²) >= 11 is 0. The van der Waals surface area contributed by atoms with Crippen LogP contribution in [-0.4, -0.2) is 52.4 Å². The summed E-state index contributed by atoms with van der Waals surface area (Å²) < 4.78 is 0. The summed E-state index contributed by atoms with van der Waals surface area (Å²) in [5.74, 6) is 0.834. The molecule has 5 heteroatoms. The van der Waals surface area contributed by atoms with Crippen LogP contribution in [0.3, 0.4) is 0 Å². The Morgan fingerprint density at radius 1 is 1.20 bits per heavy atom. The molecule has 3 rings (SSSR count). The third kappa shape index (κ3) is 5.36. The molecular formula is C20H26N4O. The second kappa shape index (κ2) is 8.72. The smallest absolute Gasteiger partial charge is 0.222 e. The Kier molecular flexibility index (Phi) is 6.12. The fraction of sp³-hybridized carbons (Fsp3) is 0.450. The average Bonchev–Trinajstić information content (AvgIpc) is 3.10. The second-order valence-electron chi connectivity index (χ2n) is 6.91. The molecule has 0 aromatic carbocycles. The lowest BCUT2D eigenvalue weighted by Crippen LogP contribution is -2.31. The number of amides is 1. The van der Waals surface area contributed by atoms with E-state index >= 15 is 0 Å². The molecule has 1 aliphatic rings. The quantitative estimate of drug-likeness (QED) is 0.778. The number of nitrogens with zero attached hydrogens (tertiary/aromatic N) is 4. The van der Waals surface area contributed by atoms with E-state index in [0.717, 1.165) is 39.0 Å². The molecule has 0 aliphatic carbocycles. The Morgan fingerprint density at radius 2 is 2.04 bits per heavy atom. The van der Waals surface area contributed by atoms with Gasteiger partial charge >= 0.3 is 0 Å². The van der Waals surface area contributed by atoms with E-state index in [2.05, 4.69) is 28.0 Å². The number of hydrogen-bond acceptors (Lipinski definition) is 4. The third-order valence-corrected chi connectivity index (χ3v) is 4.76. The van der Waals surface area contributed by atoms with Crippen molar-refractivity contribution in [1.82, 2.24) is 19.8 Å². The maximum atomic E-state index is 12.4. The zero-order valence-corrected chi connectivity index (χ0v) is 14.8. The summed E-state index contributed by atoms with van der Waals surface area (Å²) in [5.41, 5.74) is 2.41. The summed E-state index contributed by atoms with van der Waals surface area (Å²) in [6.07, 6.45) is 9.76. The molecule has 25 heavy (non-hydrogen) atoms. The molecule has 0 N–H and O–H groups in total. The van der Waals surface area contributed by atoms with Gasteiger partial charge in [0.05, 0.1) is 0 Å². The Morgan fingerprint density at radius 3 is 2.80 bits per heavy atom. The number of likely N-dealkylation sites (tertiary alicyclic amines) is 1. The van der Waals surface area contributed by atoms with Gasteiger partial charge in [0, 0.05) is 57.4 Å². The highest BCUT2D eigenvalue weighted by atomic mass is 16.2. The number of carbonyl (C=O) groups is 1. The number of pyridine rings is 2. The van der Waals surface area contributed by atoms with Gasteiger partial charge in [0.15, 0.2) is 0 Å². The predicted molar refractivity (Wildman–Crippen MR) is 97.8 cm³/mol. The van der Waals surface area contributed by atoms with Crippen molar-refractivity contribution >= 4 is 5.91 Å². The summed E-state index contributed by atoms with van der Waals surface area (Å²) in [6.45, 7) is 3.69. The minimum absolute atomic E-state index is 0.272. The first-order valence-corrected chi connectivity index (χ1v) is 8.95. The highest BCUT2D eigenvalue weighted by molar-refractivity contribution is 5.76. The van der Waals surface area contributed by atoms with Gasteiger partial charge in [-0.1, -0.05) is 6.07 Å². The van der Waals surface area contributed by atoms with Crippen LogP contribution in [0.1, 0.15) is 24.0 Å². The summed E-state index contributed by atoms with van der Waals surface area (Å²) in [4.78, 5) is 25.0. The molecule has 0 bridgehead atoms. The zero-order chi connectivity index (χ0) is 17.5. The molecule has 0 unspecified atom stereocenters. The molecule has 1 aliphatic heterocycles. The van der Waals surface area contributed by atoms with Crippen LogP contribution in [-0.2, 0) is 17.8 Å². The maximum Gasteiger partial charge on any atom is 0.222 e. The van der Waals surface area contributed by atoms with E-state index in [9.17, 15) is 4.79 Å². The van der Waals surface area contributed by atoms with E-state index < -0.39 is 0 Å². The molecule has 1 amide bonds. The molecular weight excluding hydrogens is 312 g/mol. The van der Waals surface area contributed by atoms with Crippen molar-refractivity contribution < 1.29 is 4.79 Å². The molecule has 5 nitrogen and oxygen atoms in total. The largest absolute Gasteiger partial charge is 0.342 e. The number of aromatic nitrogens is 2. The normalized spacial score (nSPS) is 17.2. The van der Waals surface area contributed by atoms with Crippen LogP contribution < -0.4 is 0 Å². The van der Waals surface area contributed by atoms with Crippen LogP contribution in [0.25, 0.3) is 0 Å². The van der Waals surface area contributed by atoms with Gasteiger partial charge in [0.2, 0.25) is 5.91 Å². The zero-order valence-electron chi connectivity index (χ0n) is 14.8. The van der Waals surface area contributed by atoms with E-state index in [1.807, 2.05) is 29.3 Å². The first kappa shape index (κ1) is 17.5. The maximum absolute atomic E-state index is 12.4. The fourth-order valence-corrected chi connectivity index (χ4v) is 3.48. The Hall–Kier alpha value is -2.27. The van der Waals surface area contributed by atoms with Crippen LogP contribution in [0.2, 0.25) is 0 Å². The van der Waals surface area contributed by atoms with Gasteiger partial charge in [0.1, 0.15) is 0 Å². The minimum atomic E-state index is 0.272. The van der Waals surface area contributed by atoms with Crippen LogP contribution in [0.4, 0.5) is 0 Å². The average molecular weight is 338 g/mol. The molecule has 1 fully saturated rings. The highest BCUT2D eigenvalue weighted by Gasteiger charge is 2.26. The van der Waals surface area contributed by atoms with Gasteiger partial charge in [-0.2, -0.15) is 0 Å². The van der Waals surface area contributed by atoms with Crippen molar-refractivity contribution in [3.63, 3.8) is 0 Å². The van der Waals surface area contributed by atoms with E-state index in [1.54, 1.807) is 18.6 Å². The van der Waals surface area contributed by atoms with E-state index in [-0.39, 0.29) is 5.91 Å². The SMILES string of the molecule is CN(Cc1cccnc1)C[C@@H]1CCN(C(=O)CCc2ccncc2)C1. The predicted octanol–water partition coefficient (Wildman–Crippen LogP) is 2.39. The van der Waals surface area contributed by atoms with Crippen molar-refractivity contribution in [2.24, 2.45) is 5.92 Å². The van der Waals surface area contributed by atoms with Crippen LogP contribution in [0.15, 0.2) is 49.1 Å². The lowest BCUT2D eigenvalue weighted by molar-refractivity contribution is -0.130. The fourth-order valence-electron chi connectivity index (χ4n) is 3.48. The monoisotopic (exact) mass is 338 g/mol. The van der Waals surface area contributed by atoms with Gasteiger partial charge in [-0.3, -0.25) is 14.8 Å². The van der Waals surface area contributed by atoms with Gasteiger partial charge in [-0.25, -0.2) is 0 Å². The Labute approximate surface area is 149 Å². The molecule has 1 saturated heterocycles. The van der Waals surface area contributed by atoms with Crippen LogP contribution in [0, 0.1) is 5.92 Å². The van der Waals surface area contributed by atoms with Crippen molar-refractivity contribution in [1.29, 1.82) is 0 Å². The second-order valence-corrected chi connectivity index (χ2v) is 6.91. The first-order valence-electron chi connectivity index (χ1n) is 8.95. The molecule has 132 valence electrons. The molecule has 2 aromatic rings. The summed E-state index contributed by atoms with van der Waals surface area (Å²) in [7, 11) is 2.14. The summed E-state index contributed by atoms with van der Waals surface area (Å²) in [6, 6.07) is 8.04. The van der Waals surface area contributed by atoms with Gasteiger partial charge < -0.3 is 9.80 Å². The molecule has 0 spiro atoms. The summed E-state index contributed by atoms with van der Waals surface area (Å²) in [5, 5.41) is 0. The minimum Gasteiger partial charge on any atom is -0.342 e. The lowest BCUT2D eigenvalue weighted by atomic mass is 10.1. The Balaban J connectivity index is 1.41. The number of hydrogen-bond donors (Lipinski definition) is 0. The Bertz CT molecular complexity index is 662. The van der Waals surface area contributed by atoms with E-state index in [4.69, 9.17) is 0 Å². The van der Waals surface area contributed by atoms with Crippen molar-refractivity contribution in [3.8, 4) is 0 Å². The van der Waals surface area contributed by atoms with Crippen LogP contribution in [0.5, 0.6) is 0 Å². The molecule has 0 radical (unpaired) electrons. The highest BCUT2D eigenvalue weighted by Crippen LogP contribution is 2.19. The molecule has 3 heterocycles. The van der Waals surface area contributed by atoms with E-state index in [0.29, 0.717) is 12.3 Å². The first-order chi connectivity index (χ1) is 12.2. The van der Waals surface area contributed by atoms with Crippen LogP contribution >= 0.6 is 0 Å². The third-order valence-electron chi connectivity index (χ3n) is 4.76. The van der Waals surface area contributed by atoms with E-state index in [1.165, 1.54) is 11.1 Å². The number of rotatable bonds is 7. The standard InChI is InChI=1S/C20H26N4O/c1-23(14-18-3-2-9-22-13-18)15-19-8-12-24(16-19)20(25)5-4-17-6-10-21-11-7-17/h2-3,6-7,9-11,13,19H,4-5,8,12,14-16H2,1H3/t19-/m0/s1. The van der Waals surface area contributed by atoms with Crippen molar-refractivity contribution in [2.75, 3.05) is 26.7 Å². The number of aryl methyl sites for hydroxylation is 1. The van der Waals surface area contributed by atoms with Crippen molar-refractivity contribution in [3.05, 3.63) is 60.2 Å². The van der Waals surface area contributed by atoms with Gasteiger partial charge in [-0.05, 0) is 55.1 Å². The number of carbonyl (C=O) groups excluding carboxylic acids is 1. The molecule has 2 aromatic heterocycles. The van der Waals surface area contributed by atoms with Gasteiger partial charge in [0.25, 0.3) is 0 Å².